The second-order valence-electron chi connectivity index (χ2n) is 6.26. The van der Waals surface area contributed by atoms with Crippen molar-refractivity contribution >= 4 is 22.5 Å². The van der Waals surface area contributed by atoms with Gasteiger partial charge < -0.3 is 0 Å². The van der Waals surface area contributed by atoms with E-state index in [0.29, 0.717) is 22.5 Å². The van der Waals surface area contributed by atoms with E-state index in [-0.39, 0.29) is 11.1 Å². The molecule has 3 aromatic rings. The average molecular weight is 386 g/mol. The van der Waals surface area contributed by atoms with Crippen LogP contribution in [0, 0.1) is 45.3 Å². The molecule has 0 aromatic carbocycles. The minimum Gasteiger partial charge on any atom is -0.256 e. The average Bonchev–Trinajstić information content (AvgIpc) is 3.38. The molecule has 0 radical (unpaired) electrons. The van der Waals surface area contributed by atoms with Gasteiger partial charge in [0.15, 0.2) is 0 Å². The molecule has 0 saturated carbocycles. The molecule has 130 valence electrons. The molecule has 3 heterocycles. The lowest BCUT2D eigenvalue weighted by Crippen LogP contribution is -1.88. The molecule has 7 heteroatoms. The van der Waals surface area contributed by atoms with Crippen molar-refractivity contribution in [2.45, 2.75) is 0 Å². The van der Waals surface area contributed by atoms with Crippen molar-refractivity contribution in [3.63, 3.8) is 0 Å². The van der Waals surface area contributed by atoms with Crippen molar-refractivity contribution < 1.29 is 0 Å². The zero-order valence-electron chi connectivity index (χ0n) is 14.6. The summed E-state index contributed by atoms with van der Waals surface area (Å²) in [6, 6.07) is 15.1. The van der Waals surface area contributed by atoms with Crippen LogP contribution in [0.5, 0.6) is 0 Å². The van der Waals surface area contributed by atoms with E-state index in [1.807, 2.05) is 36.4 Å². The van der Waals surface area contributed by atoms with Crippen LogP contribution in [-0.2, 0) is 0 Å². The number of aromatic nitrogens is 2. The van der Waals surface area contributed by atoms with Gasteiger partial charge in [-0.3, -0.25) is 9.97 Å². The topological polar surface area (TPSA) is 121 Å². The summed E-state index contributed by atoms with van der Waals surface area (Å²) in [5.41, 5.74) is 5.48. The molecule has 0 bridgehead atoms. The van der Waals surface area contributed by atoms with E-state index in [4.69, 9.17) is 0 Å². The van der Waals surface area contributed by atoms with Gasteiger partial charge in [0.2, 0.25) is 0 Å². The maximum absolute atomic E-state index is 9.51. The van der Waals surface area contributed by atoms with Gasteiger partial charge in [-0.05, 0) is 12.1 Å². The molecular weight excluding hydrogens is 380 g/mol. The van der Waals surface area contributed by atoms with Crippen LogP contribution in [0.15, 0.2) is 47.8 Å². The highest BCUT2D eigenvalue weighted by atomic mass is 32.1. The van der Waals surface area contributed by atoms with Crippen LogP contribution < -0.4 is 0 Å². The molecule has 0 amide bonds. The fourth-order valence-electron chi connectivity index (χ4n) is 3.86. The highest BCUT2D eigenvalue weighted by molar-refractivity contribution is 7.16. The number of fused-ring (bicyclic) bond motifs is 7. The molecule has 0 saturated heterocycles. The normalized spacial score (nSPS) is 11.9. The van der Waals surface area contributed by atoms with Crippen LogP contribution in [-0.4, -0.2) is 9.97 Å². The van der Waals surface area contributed by atoms with Crippen molar-refractivity contribution in [3.8, 4) is 46.8 Å². The molecule has 0 fully saturated rings. The fourth-order valence-corrected chi connectivity index (χ4v) is 5.30. The molecule has 29 heavy (non-hydrogen) atoms. The largest absolute Gasteiger partial charge is 0.256 e. The maximum Gasteiger partial charge on any atom is 0.139 e. The second kappa shape index (κ2) is 5.98. The zero-order valence-corrected chi connectivity index (χ0v) is 15.4. The number of nitrogens with zero attached hydrogens (tertiary/aromatic N) is 6. The molecule has 0 unspecified atom stereocenters. The summed E-state index contributed by atoms with van der Waals surface area (Å²) in [5, 5.41) is 38.0. The van der Waals surface area contributed by atoms with Crippen molar-refractivity contribution in [1.82, 2.24) is 9.97 Å². The lowest BCUT2D eigenvalue weighted by molar-refractivity contribution is 1.31. The summed E-state index contributed by atoms with van der Waals surface area (Å²) in [6.45, 7) is 0. The molecule has 5 rings (SSSR count). The number of thiophene rings is 1. The van der Waals surface area contributed by atoms with Crippen LogP contribution in [0.1, 0.15) is 20.9 Å². The van der Waals surface area contributed by atoms with Gasteiger partial charge in [0.25, 0.3) is 0 Å². The lowest BCUT2D eigenvalue weighted by atomic mass is 10.0. The number of allylic oxidation sites excluding steroid dienone is 2. The predicted octanol–water partition coefficient (Wildman–Crippen LogP) is 4.20. The molecule has 3 aromatic heterocycles. The van der Waals surface area contributed by atoms with Gasteiger partial charge in [0.1, 0.15) is 35.4 Å². The van der Waals surface area contributed by atoms with Gasteiger partial charge in [0, 0.05) is 55.5 Å². The standard InChI is InChI=1S/C22H6N6S/c23-7-11(8-24)15-13-3-1-5-27-19(13)17-18-20-14(4-2-6-28-20)16(12(9-25)10-26)22(18)29-21(15)17/h1-6H. The van der Waals surface area contributed by atoms with E-state index in [1.165, 1.54) is 11.3 Å². The number of hydrogen-bond acceptors (Lipinski definition) is 7. The van der Waals surface area contributed by atoms with Crippen molar-refractivity contribution in [2.75, 3.05) is 0 Å². The van der Waals surface area contributed by atoms with Gasteiger partial charge in [-0.1, -0.05) is 12.1 Å². The Morgan fingerprint density at radius 3 is 1.48 bits per heavy atom. The van der Waals surface area contributed by atoms with E-state index in [2.05, 4.69) is 9.97 Å². The number of hydrogen-bond donors (Lipinski definition) is 0. The fraction of sp³-hybridized carbons (Fsp3) is 0. The highest BCUT2D eigenvalue weighted by Gasteiger charge is 2.40. The van der Waals surface area contributed by atoms with Crippen molar-refractivity contribution in [1.29, 1.82) is 21.0 Å². The van der Waals surface area contributed by atoms with E-state index >= 15 is 0 Å². The van der Waals surface area contributed by atoms with Crippen molar-refractivity contribution in [2.24, 2.45) is 0 Å². The molecule has 2 aliphatic carbocycles. The summed E-state index contributed by atoms with van der Waals surface area (Å²) in [5.74, 6) is 0. The molecule has 0 atom stereocenters. The van der Waals surface area contributed by atoms with E-state index in [0.717, 1.165) is 32.0 Å². The molecule has 2 aliphatic rings. The quantitative estimate of drug-likeness (QED) is 0.368. The smallest absolute Gasteiger partial charge is 0.139 e. The first-order valence-electron chi connectivity index (χ1n) is 8.43. The van der Waals surface area contributed by atoms with Gasteiger partial charge in [0.05, 0.1) is 11.4 Å². The zero-order chi connectivity index (χ0) is 20.1. The number of pyridine rings is 2. The van der Waals surface area contributed by atoms with E-state index in [9.17, 15) is 21.0 Å². The van der Waals surface area contributed by atoms with Gasteiger partial charge in [-0.2, -0.15) is 21.0 Å². The van der Waals surface area contributed by atoms with Crippen LogP contribution in [0.4, 0.5) is 0 Å². The monoisotopic (exact) mass is 386 g/mol. The Hall–Kier alpha value is -4.56. The third-order valence-electron chi connectivity index (χ3n) is 4.94. The molecule has 6 nitrogen and oxygen atoms in total. The first-order chi connectivity index (χ1) is 14.2. The maximum atomic E-state index is 9.51. The molecular formula is C22H6N6S. The Morgan fingerprint density at radius 1 is 0.690 bits per heavy atom. The summed E-state index contributed by atoms with van der Waals surface area (Å²) >= 11 is 1.36. The number of rotatable bonds is 0. The molecule has 0 spiro atoms. The van der Waals surface area contributed by atoms with Gasteiger partial charge >= 0.3 is 0 Å². The Bertz CT molecular complexity index is 1350. The Labute approximate surface area is 169 Å². The Kier molecular flexibility index (Phi) is 3.42. The van der Waals surface area contributed by atoms with Crippen LogP contribution in [0.2, 0.25) is 0 Å². The molecule has 0 N–H and O–H groups in total. The Balaban J connectivity index is 1.99. The summed E-state index contributed by atoms with van der Waals surface area (Å²) < 4.78 is 0. The lowest BCUT2D eigenvalue weighted by Gasteiger charge is -2.02. The third kappa shape index (κ3) is 2.00. The van der Waals surface area contributed by atoms with Crippen LogP contribution in [0.25, 0.3) is 33.7 Å². The van der Waals surface area contributed by atoms with E-state index in [1.54, 1.807) is 24.5 Å². The molecule has 0 aliphatic heterocycles. The summed E-state index contributed by atoms with van der Waals surface area (Å²) in [4.78, 5) is 10.5. The van der Waals surface area contributed by atoms with Gasteiger partial charge in [-0.25, -0.2) is 0 Å². The highest BCUT2D eigenvalue weighted by Crippen LogP contribution is 2.59. The minimum atomic E-state index is 0.00508. The Morgan fingerprint density at radius 2 is 1.10 bits per heavy atom. The summed E-state index contributed by atoms with van der Waals surface area (Å²) in [6.07, 6.45) is 3.32. The number of nitriles is 4. The first kappa shape index (κ1) is 16.6. The van der Waals surface area contributed by atoms with Gasteiger partial charge in [-0.15, -0.1) is 11.3 Å². The SMILES string of the molecule is N#CC(C#N)=C1c2cccnc2-c2c1sc1c2-c2ncccc2C1=C(C#N)C#N. The predicted molar refractivity (Wildman–Crippen MR) is 105 cm³/mol. The second-order valence-corrected chi connectivity index (χ2v) is 7.28. The summed E-state index contributed by atoms with van der Waals surface area (Å²) in [7, 11) is 0. The van der Waals surface area contributed by atoms with Crippen LogP contribution >= 0.6 is 11.3 Å². The van der Waals surface area contributed by atoms with E-state index < -0.39 is 0 Å². The van der Waals surface area contributed by atoms with Crippen molar-refractivity contribution in [3.05, 3.63) is 68.7 Å². The first-order valence-corrected chi connectivity index (χ1v) is 9.24. The van der Waals surface area contributed by atoms with Crippen LogP contribution in [0.3, 0.4) is 0 Å². The minimum absolute atomic E-state index is 0.00508. The third-order valence-corrected chi connectivity index (χ3v) is 6.16.